The van der Waals surface area contributed by atoms with E-state index in [4.69, 9.17) is 10.0 Å². The van der Waals surface area contributed by atoms with Crippen molar-refractivity contribution in [2.45, 2.75) is 7.43 Å². The SMILES string of the molecule is C.O=Cc1ccc(B(O)O)cc1. The molecule has 1 rings (SSSR count). The van der Waals surface area contributed by atoms with Gasteiger partial charge in [-0.1, -0.05) is 31.7 Å². The van der Waals surface area contributed by atoms with Gasteiger partial charge < -0.3 is 10.0 Å². The first-order chi connectivity index (χ1) is 5.24. The van der Waals surface area contributed by atoms with Crippen LogP contribution in [-0.4, -0.2) is 23.5 Å². The van der Waals surface area contributed by atoms with Crippen LogP contribution in [0.4, 0.5) is 0 Å². The Kier molecular flexibility index (Phi) is 4.25. The third kappa shape index (κ3) is 2.49. The Hall–Kier alpha value is -1.13. The Morgan fingerprint density at radius 1 is 1.17 bits per heavy atom. The van der Waals surface area contributed by atoms with Gasteiger partial charge in [0, 0.05) is 5.56 Å². The summed E-state index contributed by atoms with van der Waals surface area (Å²) < 4.78 is 0. The van der Waals surface area contributed by atoms with E-state index >= 15 is 0 Å². The van der Waals surface area contributed by atoms with Gasteiger partial charge in [-0.25, -0.2) is 0 Å². The Morgan fingerprint density at radius 3 is 2.00 bits per heavy atom. The molecule has 2 N–H and O–H groups in total. The lowest BCUT2D eigenvalue weighted by atomic mass is 9.80. The minimum Gasteiger partial charge on any atom is -0.423 e. The van der Waals surface area contributed by atoms with Gasteiger partial charge in [0.05, 0.1) is 0 Å². The lowest BCUT2D eigenvalue weighted by Gasteiger charge is -1.97. The van der Waals surface area contributed by atoms with Gasteiger partial charge in [0.15, 0.2) is 0 Å². The molecule has 0 saturated carbocycles. The zero-order valence-electron chi connectivity index (χ0n) is 5.77. The van der Waals surface area contributed by atoms with Crippen LogP contribution in [0.25, 0.3) is 0 Å². The lowest BCUT2D eigenvalue weighted by Crippen LogP contribution is -2.29. The number of carbonyl (C=O) groups is 1. The molecule has 1 aromatic rings. The molecule has 0 aromatic heterocycles. The second-order valence-corrected chi connectivity index (χ2v) is 2.16. The summed E-state index contributed by atoms with van der Waals surface area (Å²) in [7, 11) is -1.46. The predicted molar refractivity (Wildman–Crippen MR) is 48.4 cm³/mol. The highest BCUT2D eigenvalue weighted by atomic mass is 16.4. The highest BCUT2D eigenvalue weighted by Gasteiger charge is 2.08. The molecular weight excluding hydrogens is 155 g/mol. The molecule has 0 amide bonds. The van der Waals surface area contributed by atoms with Crippen LogP contribution in [0.5, 0.6) is 0 Å². The number of hydrogen-bond donors (Lipinski definition) is 2. The maximum atomic E-state index is 10.2. The molecule has 0 bridgehead atoms. The highest BCUT2D eigenvalue weighted by Crippen LogP contribution is 1.91. The van der Waals surface area contributed by atoms with Crippen LogP contribution in [0, 0.1) is 0 Å². The van der Waals surface area contributed by atoms with E-state index in [0.29, 0.717) is 17.3 Å². The third-order valence-electron chi connectivity index (χ3n) is 1.37. The van der Waals surface area contributed by atoms with E-state index in [2.05, 4.69) is 0 Å². The van der Waals surface area contributed by atoms with Crippen molar-refractivity contribution in [2.75, 3.05) is 0 Å². The summed E-state index contributed by atoms with van der Waals surface area (Å²) in [5, 5.41) is 17.3. The molecule has 0 fully saturated rings. The Balaban J connectivity index is 0.00000121. The fraction of sp³-hybridized carbons (Fsp3) is 0.125. The van der Waals surface area contributed by atoms with Crippen molar-refractivity contribution in [1.82, 2.24) is 0 Å². The highest BCUT2D eigenvalue weighted by molar-refractivity contribution is 6.58. The molecule has 0 saturated heterocycles. The molecule has 0 aliphatic heterocycles. The maximum Gasteiger partial charge on any atom is 0.488 e. The molecule has 0 atom stereocenters. The molecule has 0 radical (unpaired) electrons. The fourth-order valence-corrected chi connectivity index (χ4v) is 0.747. The van der Waals surface area contributed by atoms with Crippen LogP contribution >= 0.6 is 0 Å². The Labute approximate surface area is 71.8 Å². The topological polar surface area (TPSA) is 57.5 Å². The van der Waals surface area contributed by atoms with Crippen molar-refractivity contribution >= 4 is 18.9 Å². The monoisotopic (exact) mass is 166 g/mol. The van der Waals surface area contributed by atoms with Crippen LogP contribution < -0.4 is 5.46 Å². The molecule has 64 valence electrons. The first-order valence-corrected chi connectivity index (χ1v) is 3.15. The van der Waals surface area contributed by atoms with Crippen molar-refractivity contribution in [2.24, 2.45) is 0 Å². The zero-order chi connectivity index (χ0) is 8.27. The van der Waals surface area contributed by atoms with Crippen molar-refractivity contribution < 1.29 is 14.8 Å². The average molecular weight is 166 g/mol. The minimum absolute atomic E-state index is 0. The summed E-state index contributed by atoms with van der Waals surface area (Å²) in [5.74, 6) is 0. The van der Waals surface area contributed by atoms with Crippen LogP contribution in [0.1, 0.15) is 17.8 Å². The van der Waals surface area contributed by atoms with E-state index in [1.807, 2.05) is 0 Å². The van der Waals surface area contributed by atoms with E-state index < -0.39 is 7.12 Å². The molecule has 0 unspecified atom stereocenters. The minimum atomic E-state index is -1.46. The quantitative estimate of drug-likeness (QED) is 0.473. The summed E-state index contributed by atoms with van der Waals surface area (Å²) >= 11 is 0. The second kappa shape index (κ2) is 4.69. The molecule has 0 spiro atoms. The fourth-order valence-electron chi connectivity index (χ4n) is 0.747. The van der Waals surface area contributed by atoms with E-state index in [-0.39, 0.29) is 7.43 Å². The van der Waals surface area contributed by atoms with Gasteiger partial charge in [-0.15, -0.1) is 0 Å². The van der Waals surface area contributed by atoms with E-state index in [9.17, 15) is 4.79 Å². The first kappa shape index (κ1) is 10.9. The van der Waals surface area contributed by atoms with Crippen molar-refractivity contribution in [3.8, 4) is 0 Å². The summed E-state index contributed by atoms with van der Waals surface area (Å²) in [4.78, 5) is 10.2. The van der Waals surface area contributed by atoms with Crippen molar-refractivity contribution in [1.29, 1.82) is 0 Å². The van der Waals surface area contributed by atoms with Gasteiger partial charge >= 0.3 is 7.12 Å². The predicted octanol–water partition coefficient (Wildman–Crippen LogP) is -0.185. The smallest absolute Gasteiger partial charge is 0.423 e. The zero-order valence-corrected chi connectivity index (χ0v) is 5.77. The van der Waals surface area contributed by atoms with Gasteiger partial charge in [0.2, 0.25) is 0 Å². The number of benzene rings is 1. The molecule has 4 heteroatoms. The van der Waals surface area contributed by atoms with Crippen LogP contribution in [0.2, 0.25) is 0 Å². The van der Waals surface area contributed by atoms with Gasteiger partial charge in [-0.05, 0) is 5.46 Å². The summed E-state index contributed by atoms with van der Waals surface area (Å²) in [5.41, 5.74) is 0.907. The van der Waals surface area contributed by atoms with Crippen LogP contribution in [0.3, 0.4) is 0 Å². The summed E-state index contributed by atoms with van der Waals surface area (Å²) in [6, 6.07) is 6.05. The lowest BCUT2D eigenvalue weighted by molar-refractivity contribution is 0.112. The van der Waals surface area contributed by atoms with Gasteiger partial charge in [-0.3, -0.25) is 4.79 Å². The second-order valence-electron chi connectivity index (χ2n) is 2.16. The molecule has 3 nitrogen and oxygen atoms in total. The standard InChI is InChI=1S/C7H7BO3.CH4/c9-5-6-1-3-7(4-2-6)8(10)11;/h1-5,10-11H;1H4. The van der Waals surface area contributed by atoms with Crippen molar-refractivity contribution in [3.05, 3.63) is 29.8 Å². The average Bonchev–Trinajstić information content (AvgIpc) is 2.05. The Morgan fingerprint density at radius 2 is 1.67 bits per heavy atom. The number of rotatable bonds is 2. The summed E-state index contributed by atoms with van der Waals surface area (Å²) in [6.07, 6.45) is 0.702. The van der Waals surface area contributed by atoms with Gasteiger partial charge in [0.25, 0.3) is 0 Å². The molecule has 0 heterocycles. The molecule has 0 aliphatic carbocycles. The third-order valence-corrected chi connectivity index (χ3v) is 1.37. The van der Waals surface area contributed by atoms with Crippen molar-refractivity contribution in [3.63, 3.8) is 0 Å². The Bertz CT molecular complexity index is 243. The van der Waals surface area contributed by atoms with E-state index in [1.54, 1.807) is 0 Å². The van der Waals surface area contributed by atoms with Gasteiger partial charge in [0.1, 0.15) is 6.29 Å². The molecular formula is C8H11BO3. The number of hydrogen-bond acceptors (Lipinski definition) is 3. The number of carbonyl (C=O) groups excluding carboxylic acids is 1. The summed E-state index contributed by atoms with van der Waals surface area (Å²) in [6.45, 7) is 0. The van der Waals surface area contributed by atoms with E-state index in [1.165, 1.54) is 24.3 Å². The first-order valence-electron chi connectivity index (χ1n) is 3.15. The normalized spacial score (nSPS) is 8.50. The van der Waals surface area contributed by atoms with Gasteiger partial charge in [-0.2, -0.15) is 0 Å². The largest absolute Gasteiger partial charge is 0.488 e. The molecule has 1 aromatic carbocycles. The van der Waals surface area contributed by atoms with Crippen LogP contribution in [-0.2, 0) is 0 Å². The van der Waals surface area contributed by atoms with E-state index in [0.717, 1.165) is 0 Å². The van der Waals surface area contributed by atoms with Crippen LogP contribution in [0.15, 0.2) is 24.3 Å². The maximum absolute atomic E-state index is 10.2. The number of aldehydes is 1. The molecule has 0 aliphatic rings. The molecule has 12 heavy (non-hydrogen) atoms.